The van der Waals surface area contributed by atoms with E-state index >= 15 is 0 Å². The predicted molar refractivity (Wildman–Crippen MR) is 131 cm³/mol. The van der Waals surface area contributed by atoms with Crippen molar-refractivity contribution in [3.05, 3.63) is 29.1 Å². The molecule has 0 bridgehead atoms. The molecule has 36 heavy (non-hydrogen) atoms. The summed E-state index contributed by atoms with van der Waals surface area (Å²) in [6.45, 7) is 6.20. The SMILES string of the molecule is CCCN(CCC)Cc1c(C(=O)N/N=C/c2ccc(OC)c(OC)c2OC)nnn1-c1nonc1N. The van der Waals surface area contributed by atoms with Crippen molar-refractivity contribution >= 4 is 17.9 Å². The van der Waals surface area contributed by atoms with E-state index in [9.17, 15) is 4.79 Å². The van der Waals surface area contributed by atoms with Crippen LogP contribution < -0.4 is 25.4 Å². The van der Waals surface area contributed by atoms with Crippen molar-refractivity contribution in [3.8, 4) is 23.1 Å². The summed E-state index contributed by atoms with van der Waals surface area (Å²) in [7, 11) is 4.53. The summed E-state index contributed by atoms with van der Waals surface area (Å²) in [6.07, 6.45) is 3.31. The Morgan fingerprint density at radius 1 is 1.14 bits per heavy atom. The van der Waals surface area contributed by atoms with Crippen LogP contribution in [-0.2, 0) is 6.54 Å². The molecular weight excluding hydrogens is 470 g/mol. The van der Waals surface area contributed by atoms with E-state index in [0.717, 1.165) is 25.9 Å². The second-order valence-electron chi connectivity index (χ2n) is 7.67. The lowest BCUT2D eigenvalue weighted by atomic mass is 10.2. The number of hydrogen-bond donors (Lipinski definition) is 2. The lowest BCUT2D eigenvalue weighted by molar-refractivity contribution is 0.0947. The van der Waals surface area contributed by atoms with Gasteiger partial charge in [-0.05, 0) is 48.4 Å². The van der Waals surface area contributed by atoms with Crippen LogP contribution in [0.15, 0.2) is 21.9 Å². The molecule has 0 atom stereocenters. The third kappa shape index (κ3) is 5.71. The molecule has 3 rings (SSSR count). The molecule has 0 saturated carbocycles. The average molecular weight is 502 g/mol. The topological polar surface area (TPSA) is 168 Å². The summed E-state index contributed by atoms with van der Waals surface area (Å²) >= 11 is 0. The monoisotopic (exact) mass is 501 g/mol. The number of benzene rings is 1. The first-order chi connectivity index (χ1) is 17.5. The summed E-state index contributed by atoms with van der Waals surface area (Å²) < 4.78 is 22.2. The standard InChI is InChI=1S/C22H31N9O5/c1-6-10-30(11-7-2)13-15-17(25-29-31(15)21-20(23)27-36-28-21)22(32)26-24-12-14-8-9-16(33-3)19(35-5)18(14)34-4/h8-9,12H,6-7,10-11,13H2,1-5H3,(H2,23,27)(H,26,32)/b24-12+. The third-order valence-corrected chi connectivity index (χ3v) is 5.23. The van der Waals surface area contributed by atoms with E-state index in [-0.39, 0.29) is 17.3 Å². The van der Waals surface area contributed by atoms with Gasteiger partial charge in [0.2, 0.25) is 17.4 Å². The number of anilines is 1. The molecule has 14 nitrogen and oxygen atoms in total. The van der Waals surface area contributed by atoms with E-state index in [0.29, 0.717) is 35.1 Å². The fourth-order valence-corrected chi connectivity index (χ4v) is 3.68. The lowest BCUT2D eigenvalue weighted by Crippen LogP contribution is -2.28. The van der Waals surface area contributed by atoms with Crippen LogP contribution in [0.4, 0.5) is 5.82 Å². The van der Waals surface area contributed by atoms with Gasteiger partial charge in [0.05, 0.1) is 33.2 Å². The van der Waals surface area contributed by atoms with Gasteiger partial charge in [-0.25, -0.2) is 10.1 Å². The van der Waals surface area contributed by atoms with Gasteiger partial charge in [-0.3, -0.25) is 9.69 Å². The van der Waals surface area contributed by atoms with Gasteiger partial charge in [-0.1, -0.05) is 19.1 Å². The van der Waals surface area contributed by atoms with Gasteiger partial charge in [-0.15, -0.1) is 5.10 Å². The molecular formula is C22H31N9O5. The number of rotatable bonds is 13. The predicted octanol–water partition coefficient (Wildman–Crippen LogP) is 1.64. The Balaban J connectivity index is 1.89. The molecule has 3 aromatic rings. The zero-order valence-corrected chi connectivity index (χ0v) is 21.0. The first-order valence-electron chi connectivity index (χ1n) is 11.4. The summed E-state index contributed by atoms with van der Waals surface area (Å²) in [5.41, 5.74) is 9.48. The van der Waals surface area contributed by atoms with E-state index in [1.54, 1.807) is 12.1 Å². The smallest absolute Gasteiger partial charge is 0.293 e. The van der Waals surface area contributed by atoms with Gasteiger partial charge >= 0.3 is 0 Å². The van der Waals surface area contributed by atoms with Crippen LogP contribution in [0.5, 0.6) is 17.2 Å². The number of aromatic nitrogens is 5. The zero-order chi connectivity index (χ0) is 26.1. The summed E-state index contributed by atoms with van der Waals surface area (Å²) in [5.74, 6) is 0.945. The number of carbonyl (C=O) groups is 1. The molecule has 0 unspecified atom stereocenters. The number of hydrogen-bond acceptors (Lipinski definition) is 12. The molecule has 0 aliphatic rings. The van der Waals surface area contributed by atoms with Crippen molar-refractivity contribution in [1.29, 1.82) is 0 Å². The zero-order valence-electron chi connectivity index (χ0n) is 21.0. The van der Waals surface area contributed by atoms with Gasteiger partial charge in [0.25, 0.3) is 5.91 Å². The second-order valence-corrected chi connectivity index (χ2v) is 7.67. The minimum atomic E-state index is -0.560. The minimum absolute atomic E-state index is 0.0317. The van der Waals surface area contributed by atoms with Crippen LogP contribution in [0.2, 0.25) is 0 Å². The Morgan fingerprint density at radius 3 is 2.44 bits per heavy atom. The quantitative estimate of drug-likeness (QED) is 0.258. The summed E-state index contributed by atoms with van der Waals surface area (Å²) in [5, 5.41) is 19.6. The molecule has 0 spiro atoms. The second kappa shape index (κ2) is 12.5. The summed E-state index contributed by atoms with van der Waals surface area (Å²) in [4.78, 5) is 15.3. The highest BCUT2D eigenvalue weighted by atomic mass is 16.6. The van der Waals surface area contributed by atoms with E-state index in [1.807, 2.05) is 0 Å². The maximum Gasteiger partial charge on any atom is 0.293 e. The van der Waals surface area contributed by atoms with Crippen molar-refractivity contribution in [2.24, 2.45) is 5.10 Å². The molecule has 14 heteroatoms. The fraction of sp³-hybridized carbons (Fsp3) is 0.455. The number of nitrogens with one attached hydrogen (secondary N) is 1. The Kier molecular flexibility index (Phi) is 9.16. The number of nitrogen functional groups attached to an aromatic ring is 1. The van der Waals surface area contributed by atoms with E-state index < -0.39 is 5.91 Å². The number of carbonyl (C=O) groups excluding carboxylic acids is 1. The van der Waals surface area contributed by atoms with E-state index in [4.69, 9.17) is 24.6 Å². The third-order valence-electron chi connectivity index (χ3n) is 5.23. The Hall–Kier alpha value is -4.20. The molecule has 0 saturated heterocycles. The molecule has 0 aliphatic heterocycles. The van der Waals surface area contributed by atoms with Gasteiger partial charge in [0.15, 0.2) is 17.2 Å². The van der Waals surface area contributed by atoms with Crippen molar-refractivity contribution < 1.29 is 23.6 Å². The Labute approximate surface area is 208 Å². The number of amides is 1. The Morgan fingerprint density at radius 2 is 1.86 bits per heavy atom. The normalized spacial score (nSPS) is 11.3. The first kappa shape index (κ1) is 26.4. The van der Waals surface area contributed by atoms with Gasteiger partial charge in [0.1, 0.15) is 0 Å². The maximum atomic E-state index is 13.1. The van der Waals surface area contributed by atoms with E-state index in [1.165, 1.54) is 32.2 Å². The number of nitrogens with zero attached hydrogens (tertiary/aromatic N) is 7. The van der Waals surface area contributed by atoms with Gasteiger partial charge < -0.3 is 19.9 Å². The maximum absolute atomic E-state index is 13.1. The number of nitrogens with two attached hydrogens (primary N) is 1. The molecule has 0 aliphatic carbocycles. The molecule has 0 radical (unpaired) electrons. The largest absolute Gasteiger partial charge is 0.493 e. The highest BCUT2D eigenvalue weighted by Crippen LogP contribution is 2.38. The molecule has 194 valence electrons. The van der Waals surface area contributed by atoms with Gasteiger partial charge in [0, 0.05) is 12.1 Å². The molecule has 2 aromatic heterocycles. The van der Waals surface area contributed by atoms with Crippen molar-refractivity contribution in [2.75, 3.05) is 40.2 Å². The minimum Gasteiger partial charge on any atom is -0.493 e. The molecule has 2 heterocycles. The highest BCUT2D eigenvalue weighted by molar-refractivity contribution is 5.94. The average Bonchev–Trinajstić information content (AvgIpc) is 3.49. The van der Waals surface area contributed by atoms with E-state index in [2.05, 4.69) is 49.9 Å². The molecule has 1 aromatic carbocycles. The summed E-state index contributed by atoms with van der Waals surface area (Å²) in [6, 6.07) is 3.44. The molecule has 0 fully saturated rings. The van der Waals surface area contributed by atoms with Crippen molar-refractivity contribution in [3.63, 3.8) is 0 Å². The van der Waals surface area contributed by atoms with Crippen LogP contribution in [0.1, 0.15) is 48.4 Å². The van der Waals surface area contributed by atoms with Crippen molar-refractivity contribution in [1.82, 2.24) is 35.6 Å². The van der Waals surface area contributed by atoms with Crippen molar-refractivity contribution in [2.45, 2.75) is 33.2 Å². The van der Waals surface area contributed by atoms with Crippen LogP contribution >= 0.6 is 0 Å². The molecule has 1 amide bonds. The lowest BCUT2D eigenvalue weighted by Gasteiger charge is -2.21. The highest BCUT2D eigenvalue weighted by Gasteiger charge is 2.25. The number of methoxy groups -OCH3 is 3. The van der Waals surface area contributed by atoms with Crippen LogP contribution in [0.3, 0.4) is 0 Å². The fourth-order valence-electron chi connectivity index (χ4n) is 3.68. The van der Waals surface area contributed by atoms with Crippen LogP contribution in [-0.4, -0.2) is 76.7 Å². The van der Waals surface area contributed by atoms with Crippen LogP contribution in [0, 0.1) is 0 Å². The van der Waals surface area contributed by atoms with Crippen LogP contribution in [0.25, 0.3) is 5.82 Å². The molecule has 3 N–H and O–H groups in total. The number of ether oxygens (including phenoxy) is 3. The van der Waals surface area contributed by atoms with Gasteiger partial charge in [-0.2, -0.15) is 9.78 Å². The first-order valence-corrected chi connectivity index (χ1v) is 11.4. The number of hydrazone groups is 1. The Bertz CT molecular complexity index is 1180.